The Morgan fingerprint density at radius 2 is 1.83 bits per heavy atom. The minimum atomic E-state index is -0.612. The molecule has 0 spiro atoms. The van der Waals surface area contributed by atoms with Gasteiger partial charge in [0.1, 0.15) is 16.9 Å². The van der Waals surface area contributed by atoms with Crippen LogP contribution < -0.4 is 5.63 Å². The molecule has 4 rings (SSSR count). The number of amides is 1. The molecule has 0 radical (unpaired) electrons. The Labute approximate surface area is 137 Å². The maximum Gasteiger partial charge on any atom is 0.347 e. The van der Waals surface area contributed by atoms with Crippen molar-refractivity contribution in [3.63, 3.8) is 0 Å². The van der Waals surface area contributed by atoms with Crippen LogP contribution in [0.15, 0.2) is 57.7 Å². The summed E-state index contributed by atoms with van der Waals surface area (Å²) in [4.78, 5) is 26.5. The van der Waals surface area contributed by atoms with Crippen molar-refractivity contribution in [3.8, 4) is 5.75 Å². The summed E-state index contributed by atoms with van der Waals surface area (Å²) in [6, 6.07) is 14.6. The van der Waals surface area contributed by atoms with Gasteiger partial charge in [-0.2, -0.15) is 0 Å². The predicted octanol–water partition coefficient (Wildman–Crippen LogP) is 2.70. The summed E-state index contributed by atoms with van der Waals surface area (Å²) in [6.07, 6.45) is 0.730. The van der Waals surface area contributed by atoms with Crippen LogP contribution in [0.4, 0.5) is 0 Å². The molecule has 1 N–H and O–H groups in total. The molecule has 0 unspecified atom stereocenters. The molecule has 0 atom stereocenters. The standard InChI is InChI=1S/C19H15NO4/c21-14-8-4-7-13-16(14)19(23)24-15-11-20(18(22)17(13)15)10-9-12-5-2-1-3-6-12/h1-8,21H,9-11H2. The third-order valence-corrected chi connectivity index (χ3v) is 4.36. The first-order valence-corrected chi connectivity index (χ1v) is 7.76. The Hall–Kier alpha value is -3.08. The first-order chi connectivity index (χ1) is 11.6. The molecule has 5 heteroatoms. The van der Waals surface area contributed by atoms with E-state index >= 15 is 0 Å². The summed E-state index contributed by atoms with van der Waals surface area (Å²) in [5.41, 5.74) is 0.915. The zero-order valence-electron chi connectivity index (χ0n) is 12.9. The minimum absolute atomic E-state index is 0.0644. The molecule has 0 saturated carbocycles. The van der Waals surface area contributed by atoms with Crippen molar-refractivity contribution in [1.82, 2.24) is 4.90 Å². The number of phenols is 1. The fourth-order valence-electron chi connectivity index (χ4n) is 3.17. The molecule has 3 aromatic rings. The summed E-state index contributed by atoms with van der Waals surface area (Å²) in [5, 5.41) is 10.4. The fraction of sp³-hybridized carbons (Fsp3) is 0.158. The van der Waals surface area contributed by atoms with Crippen molar-refractivity contribution in [2.75, 3.05) is 6.54 Å². The Bertz CT molecular complexity index is 991. The molecule has 2 heterocycles. The quantitative estimate of drug-likeness (QED) is 0.805. The van der Waals surface area contributed by atoms with Crippen LogP contribution >= 0.6 is 0 Å². The summed E-state index contributed by atoms with van der Waals surface area (Å²) in [5.74, 6) is 0.0380. The highest BCUT2D eigenvalue weighted by Crippen LogP contribution is 2.31. The van der Waals surface area contributed by atoms with Gasteiger partial charge in [-0.05, 0) is 18.1 Å². The molecule has 1 amide bonds. The number of hydrogen-bond donors (Lipinski definition) is 1. The van der Waals surface area contributed by atoms with E-state index < -0.39 is 5.63 Å². The Kier molecular flexibility index (Phi) is 3.34. The lowest BCUT2D eigenvalue weighted by Crippen LogP contribution is -2.26. The molecular weight excluding hydrogens is 306 g/mol. The van der Waals surface area contributed by atoms with Gasteiger partial charge in [-0.3, -0.25) is 4.79 Å². The van der Waals surface area contributed by atoms with Crippen molar-refractivity contribution in [2.45, 2.75) is 13.0 Å². The van der Waals surface area contributed by atoms with Gasteiger partial charge in [0.2, 0.25) is 0 Å². The Morgan fingerprint density at radius 1 is 1.04 bits per heavy atom. The van der Waals surface area contributed by atoms with E-state index in [0.717, 1.165) is 12.0 Å². The van der Waals surface area contributed by atoms with E-state index in [-0.39, 0.29) is 23.6 Å². The molecule has 1 aliphatic rings. The first-order valence-electron chi connectivity index (χ1n) is 7.76. The number of hydrogen-bond acceptors (Lipinski definition) is 4. The summed E-state index contributed by atoms with van der Waals surface area (Å²) in [6.45, 7) is 0.823. The zero-order chi connectivity index (χ0) is 16.7. The Morgan fingerprint density at radius 3 is 2.62 bits per heavy atom. The Balaban J connectivity index is 1.69. The lowest BCUT2D eigenvalue weighted by Gasteiger charge is -2.14. The molecule has 0 aliphatic carbocycles. The number of fused-ring (bicyclic) bond motifs is 3. The van der Waals surface area contributed by atoms with E-state index in [1.54, 1.807) is 17.0 Å². The zero-order valence-corrected chi connectivity index (χ0v) is 12.9. The predicted molar refractivity (Wildman–Crippen MR) is 89.0 cm³/mol. The third-order valence-electron chi connectivity index (χ3n) is 4.36. The van der Waals surface area contributed by atoms with Crippen LogP contribution in [-0.4, -0.2) is 22.5 Å². The van der Waals surface area contributed by atoms with Crippen molar-refractivity contribution in [2.24, 2.45) is 0 Å². The van der Waals surface area contributed by atoms with E-state index in [4.69, 9.17) is 4.42 Å². The van der Waals surface area contributed by atoms with Crippen LogP contribution in [-0.2, 0) is 13.0 Å². The van der Waals surface area contributed by atoms with Gasteiger partial charge in [0.05, 0.1) is 12.1 Å². The van der Waals surface area contributed by atoms with Gasteiger partial charge in [-0.1, -0.05) is 42.5 Å². The van der Waals surface area contributed by atoms with E-state index in [1.165, 1.54) is 6.07 Å². The van der Waals surface area contributed by atoms with Crippen LogP contribution in [0.5, 0.6) is 5.75 Å². The number of benzene rings is 2. The van der Waals surface area contributed by atoms with Crippen LogP contribution in [0.25, 0.3) is 10.8 Å². The highest BCUT2D eigenvalue weighted by Gasteiger charge is 2.32. The van der Waals surface area contributed by atoms with Crippen LogP contribution in [0, 0.1) is 0 Å². The second-order valence-corrected chi connectivity index (χ2v) is 5.85. The molecule has 1 aliphatic heterocycles. The first kappa shape index (κ1) is 14.5. The van der Waals surface area contributed by atoms with Gasteiger partial charge in [0.15, 0.2) is 0 Å². The maximum absolute atomic E-state index is 12.7. The second-order valence-electron chi connectivity index (χ2n) is 5.85. The van der Waals surface area contributed by atoms with Gasteiger partial charge < -0.3 is 14.4 Å². The lowest BCUT2D eigenvalue weighted by atomic mass is 10.1. The molecule has 2 aromatic carbocycles. The van der Waals surface area contributed by atoms with E-state index in [1.807, 2.05) is 30.3 Å². The lowest BCUT2D eigenvalue weighted by molar-refractivity contribution is 0.0779. The number of carbonyl (C=O) groups is 1. The van der Waals surface area contributed by atoms with Crippen molar-refractivity contribution < 1.29 is 14.3 Å². The van der Waals surface area contributed by atoms with Crippen molar-refractivity contribution in [3.05, 3.63) is 75.8 Å². The number of aromatic hydroxyl groups is 1. The molecule has 5 nitrogen and oxygen atoms in total. The fourth-order valence-corrected chi connectivity index (χ4v) is 3.17. The van der Waals surface area contributed by atoms with E-state index in [2.05, 4.69) is 0 Å². The van der Waals surface area contributed by atoms with Crippen LogP contribution in [0.1, 0.15) is 21.7 Å². The van der Waals surface area contributed by atoms with Gasteiger partial charge in [-0.15, -0.1) is 0 Å². The van der Waals surface area contributed by atoms with Gasteiger partial charge in [0, 0.05) is 11.9 Å². The number of nitrogens with zero attached hydrogens (tertiary/aromatic N) is 1. The normalized spacial score (nSPS) is 13.5. The van der Waals surface area contributed by atoms with Crippen LogP contribution in [0.2, 0.25) is 0 Å². The summed E-state index contributed by atoms with van der Waals surface area (Å²) in [7, 11) is 0. The van der Waals surface area contributed by atoms with E-state index in [0.29, 0.717) is 23.3 Å². The van der Waals surface area contributed by atoms with Gasteiger partial charge in [-0.25, -0.2) is 4.79 Å². The molecular formula is C19H15NO4. The van der Waals surface area contributed by atoms with Gasteiger partial charge >= 0.3 is 5.63 Å². The van der Waals surface area contributed by atoms with Crippen LogP contribution in [0.3, 0.4) is 0 Å². The second kappa shape index (κ2) is 5.53. The maximum atomic E-state index is 12.7. The number of carbonyl (C=O) groups excluding carboxylic acids is 1. The van der Waals surface area contributed by atoms with E-state index in [9.17, 15) is 14.7 Å². The number of phenolic OH excluding ortho intramolecular Hbond substituents is 1. The SMILES string of the molecule is O=C1c2c(oc(=O)c3c(O)cccc23)CN1CCc1ccccc1. The van der Waals surface area contributed by atoms with Crippen molar-refractivity contribution in [1.29, 1.82) is 0 Å². The smallest absolute Gasteiger partial charge is 0.347 e. The molecule has 0 saturated heterocycles. The number of rotatable bonds is 3. The minimum Gasteiger partial charge on any atom is -0.507 e. The molecule has 120 valence electrons. The van der Waals surface area contributed by atoms with Crippen molar-refractivity contribution >= 4 is 16.7 Å². The topological polar surface area (TPSA) is 70.8 Å². The largest absolute Gasteiger partial charge is 0.507 e. The summed E-state index contributed by atoms with van der Waals surface area (Å²) >= 11 is 0. The average Bonchev–Trinajstić information content (AvgIpc) is 2.90. The van der Waals surface area contributed by atoms with Gasteiger partial charge in [0.25, 0.3) is 5.91 Å². The average molecular weight is 321 g/mol. The molecule has 24 heavy (non-hydrogen) atoms. The highest BCUT2D eigenvalue weighted by atomic mass is 16.4. The third kappa shape index (κ3) is 2.25. The highest BCUT2D eigenvalue weighted by molar-refractivity contribution is 6.10. The molecule has 1 aromatic heterocycles. The monoisotopic (exact) mass is 321 g/mol. The summed E-state index contributed by atoms with van der Waals surface area (Å²) < 4.78 is 5.29. The molecule has 0 bridgehead atoms. The molecule has 0 fully saturated rings.